The highest BCUT2D eigenvalue weighted by atomic mass is 15.2. The fourth-order valence-electron chi connectivity index (χ4n) is 2.07. The lowest BCUT2D eigenvalue weighted by molar-refractivity contribution is 0.130. The second-order valence-electron chi connectivity index (χ2n) is 4.22. The van der Waals surface area contributed by atoms with Gasteiger partial charge in [-0.05, 0) is 26.3 Å². The van der Waals surface area contributed by atoms with E-state index >= 15 is 0 Å². The summed E-state index contributed by atoms with van der Waals surface area (Å²) in [6, 6.07) is 1.46. The maximum atomic E-state index is 3.55. The fraction of sp³-hybridized carbons (Fsp3) is 1.00. The molecule has 2 unspecified atom stereocenters. The molecule has 0 amide bonds. The molecule has 2 atom stereocenters. The van der Waals surface area contributed by atoms with E-state index in [0.29, 0.717) is 6.04 Å². The molecule has 0 radical (unpaired) electrons. The average molecular weight is 184 g/mol. The molecule has 1 saturated heterocycles. The third-order valence-electron chi connectivity index (χ3n) is 3.00. The van der Waals surface area contributed by atoms with Gasteiger partial charge in [0.25, 0.3) is 0 Å². The van der Waals surface area contributed by atoms with E-state index in [2.05, 4.69) is 31.0 Å². The van der Waals surface area contributed by atoms with E-state index in [4.69, 9.17) is 0 Å². The van der Waals surface area contributed by atoms with Crippen LogP contribution in [0.4, 0.5) is 0 Å². The summed E-state index contributed by atoms with van der Waals surface area (Å²) in [6.45, 7) is 10.6. The van der Waals surface area contributed by atoms with Crippen molar-refractivity contribution in [3.05, 3.63) is 0 Å². The van der Waals surface area contributed by atoms with Crippen LogP contribution in [-0.2, 0) is 0 Å². The van der Waals surface area contributed by atoms with E-state index < -0.39 is 0 Å². The van der Waals surface area contributed by atoms with Crippen molar-refractivity contribution in [3.63, 3.8) is 0 Å². The van der Waals surface area contributed by atoms with Gasteiger partial charge in [-0.25, -0.2) is 0 Å². The first-order valence-corrected chi connectivity index (χ1v) is 5.75. The van der Waals surface area contributed by atoms with Gasteiger partial charge in [0.2, 0.25) is 0 Å². The molecule has 0 aromatic heterocycles. The SMILES string of the molecule is CCCCN1CC(C)NCC1CC. The van der Waals surface area contributed by atoms with E-state index in [0.717, 1.165) is 6.04 Å². The van der Waals surface area contributed by atoms with Crippen LogP contribution in [0.1, 0.15) is 40.0 Å². The molecule has 1 aliphatic rings. The summed E-state index contributed by atoms with van der Waals surface area (Å²) < 4.78 is 0. The molecule has 1 N–H and O–H groups in total. The molecule has 78 valence electrons. The number of nitrogens with one attached hydrogen (secondary N) is 1. The number of hydrogen-bond donors (Lipinski definition) is 1. The Bertz CT molecular complexity index is 136. The van der Waals surface area contributed by atoms with Crippen LogP contribution in [0.25, 0.3) is 0 Å². The minimum Gasteiger partial charge on any atom is -0.311 e. The van der Waals surface area contributed by atoms with Crippen LogP contribution in [0.2, 0.25) is 0 Å². The zero-order chi connectivity index (χ0) is 9.68. The van der Waals surface area contributed by atoms with Crippen LogP contribution in [0.5, 0.6) is 0 Å². The Labute approximate surface area is 82.7 Å². The molecule has 0 saturated carbocycles. The predicted molar refractivity (Wildman–Crippen MR) is 58.0 cm³/mol. The highest BCUT2D eigenvalue weighted by Crippen LogP contribution is 2.10. The zero-order valence-electron chi connectivity index (χ0n) is 9.34. The highest BCUT2D eigenvalue weighted by molar-refractivity contribution is 4.82. The van der Waals surface area contributed by atoms with Crippen LogP contribution in [-0.4, -0.2) is 36.6 Å². The Morgan fingerprint density at radius 2 is 2.15 bits per heavy atom. The molecular formula is C11H24N2. The van der Waals surface area contributed by atoms with Gasteiger partial charge in [-0.1, -0.05) is 20.3 Å². The number of nitrogens with zero attached hydrogens (tertiary/aromatic N) is 1. The summed E-state index contributed by atoms with van der Waals surface area (Å²) in [5.74, 6) is 0. The Kier molecular flexibility index (Phi) is 4.74. The first-order chi connectivity index (χ1) is 6.27. The quantitative estimate of drug-likeness (QED) is 0.717. The van der Waals surface area contributed by atoms with Crippen molar-refractivity contribution >= 4 is 0 Å². The van der Waals surface area contributed by atoms with Crippen molar-refractivity contribution in [2.45, 2.75) is 52.1 Å². The molecule has 13 heavy (non-hydrogen) atoms. The molecule has 1 heterocycles. The third kappa shape index (κ3) is 3.28. The summed E-state index contributed by atoms with van der Waals surface area (Å²) in [4.78, 5) is 2.66. The van der Waals surface area contributed by atoms with Gasteiger partial charge in [0.15, 0.2) is 0 Å². The van der Waals surface area contributed by atoms with E-state index in [1.165, 1.54) is 38.9 Å². The van der Waals surface area contributed by atoms with E-state index in [1.807, 2.05) is 0 Å². The summed E-state index contributed by atoms with van der Waals surface area (Å²) in [5.41, 5.74) is 0. The molecule has 2 heteroatoms. The van der Waals surface area contributed by atoms with Crippen molar-refractivity contribution in [2.24, 2.45) is 0 Å². The molecule has 0 spiro atoms. The van der Waals surface area contributed by atoms with E-state index in [-0.39, 0.29) is 0 Å². The molecule has 0 bridgehead atoms. The molecule has 1 aliphatic heterocycles. The number of hydrogen-bond acceptors (Lipinski definition) is 2. The standard InChI is InChI=1S/C11H24N2/c1-4-6-7-13-9-10(3)12-8-11(13)5-2/h10-12H,4-9H2,1-3H3. The fourth-order valence-corrected chi connectivity index (χ4v) is 2.07. The van der Waals surface area contributed by atoms with Crippen molar-refractivity contribution in [1.29, 1.82) is 0 Å². The molecule has 2 nitrogen and oxygen atoms in total. The Morgan fingerprint density at radius 1 is 1.38 bits per heavy atom. The normalized spacial score (nSPS) is 30.7. The largest absolute Gasteiger partial charge is 0.311 e. The van der Waals surface area contributed by atoms with Crippen LogP contribution >= 0.6 is 0 Å². The summed E-state index contributed by atoms with van der Waals surface area (Å²) in [5, 5.41) is 3.55. The molecule has 0 aliphatic carbocycles. The first kappa shape index (κ1) is 11.0. The Hall–Kier alpha value is -0.0800. The third-order valence-corrected chi connectivity index (χ3v) is 3.00. The first-order valence-electron chi connectivity index (χ1n) is 5.75. The van der Waals surface area contributed by atoms with Crippen LogP contribution in [0.3, 0.4) is 0 Å². The second-order valence-corrected chi connectivity index (χ2v) is 4.22. The van der Waals surface area contributed by atoms with Gasteiger partial charge in [-0.2, -0.15) is 0 Å². The lowest BCUT2D eigenvalue weighted by Crippen LogP contribution is -2.55. The summed E-state index contributed by atoms with van der Waals surface area (Å²) in [6.07, 6.45) is 3.95. The number of rotatable bonds is 4. The van der Waals surface area contributed by atoms with Crippen LogP contribution < -0.4 is 5.32 Å². The molecule has 1 rings (SSSR count). The second kappa shape index (κ2) is 5.61. The lowest BCUT2D eigenvalue weighted by Gasteiger charge is -2.39. The van der Waals surface area contributed by atoms with Crippen molar-refractivity contribution in [3.8, 4) is 0 Å². The van der Waals surface area contributed by atoms with E-state index in [9.17, 15) is 0 Å². The van der Waals surface area contributed by atoms with Gasteiger partial charge < -0.3 is 5.32 Å². The van der Waals surface area contributed by atoms with Gasteiger partial charge in [0.05, 0.1) is 0 Å². The van der Waals surface area contributed by atoms with Crippen molar-refractivity contribution < 1.29 is 0 Å². The predicted octanol–water partition coefficient (Wildman–Crippen LogP) is 1.86. The van der Waals surface area contributed by atoms with Gasteiger partial charge in [0.1, 0.15) is 0 Å². The monoisotopic (exact) mass is 184 g/mol. The van der Waals surface area contributed by atoms with Gasteiger partial charge in [-0.3, -0.25) is 4.90 Å². The molecule has 0 aromatic carbocycles. The van der Waals surface area contributed by atoms with Crippen molar-refractivity contribution in [1.82, 2.24) is 10.2 Å². The Morgan fingerprint density at radius 3 is 2.77 bits per heavy atom. The van der Waals surface area contributed by atoms with Gasteiger partial charge in [0, 0.05) is 25.2 Å². The van der Waals surface area contributed by atoms with Gasteiger partial charge >= 0.3 is 0 Å². The average Bonchev–Trinajstić information content (AvgIpc) is 2.15. The van der Waals surface area contributed by atoms with Crippen LogP contribution in [0, 0.1) is 0 Å². The zero-order valence-corrected chi connectivity index (χ0v) is 9.34. The highest BCUT2D eigenvalue weighted by Gasteiger charge is 2.23. The maximum absolute atomic E-state index is 3.55. The summed E-state index contributed by atoms with van der Waals surface area (Å²) >= 11 is 0. The van der Waals surface area contributed by atoms with Crippen molar-refractivity contribution in [2.75, 3.05) is 19.6 Å². The maximum Gasteiger partial charge on any atom is 0.0218 e. The summed E-state index contributed by atoms with van der Waals surface area (Å²) in [7, 11) is 0. The van der Waals surface area contributed by atoms with E-state index in [1.54, 1.807) is 0 Å². The lowest BCUT2D eigenvalue weighted by atomic mass is 10.1. The number of unbranched alkanes of at least 4 members (excludes halogenated alkanes) is 1. The molecule has 1 fully saturated rings. The molecule has 0 aromatic rings. The van der Waals surface area contributed by atoms with Crippen LogP contribution in [0.15, 0.2) is 0 Å². The minimum atomic E-state index is 0.680. The van der Waals surface area contributed by atoms with Gasteiger partial charge in [-0.15, -0.1) is 0 Å². The smallest absolute Gasteiger partial charge is 0.0218 e. The Balaban J connectivity index is 2.35. The molecular weight excluding hydrogens is 160 g/mol. The number of piperazine rings is 1. The topological polar surface area (TPSA) is 15.3 Å². The minimum absolute atomic E-state index is 0.680.